The number of aromatic nitrogens is 1. The lowest BCUT2D eigenvalue weighted by atomic mass is 10.3. The fraction of sp³-hybridized carbons (Fsp3) is 0.0556. The van der Waals surface area contributed by atoms with Gasteiger partial charge in [0.05, 0.1) is 0 Å². The van der Waals surface area contributed by atoms with Gasteiger partial charge in [0.2, 0.25) is 0 Å². The maximum absolute atomic E-state index is 13.9. The topological polar surface area (TPSA) is 30.0 Å². The van der Waals surface area contributed by atoms with Crippen LogP contribution in [-0.4, -0.2) is 4.98 Å². The maximum Gasteiger partial charge on any atom is 0.172 e. The number of aryl methyl sites for hydroxylation is 1. The van der Waals surface area contributed by atoms with Crippen LogP contribution in [0.1, 0.15) is 5.56 Å². The van der Waals surface area contributed by atoms with Gasteiger partial charge in [0.25, 0.3) is 0 Å². The molecule has 0 bridgehead atoms. The first-order valence-electron chi connectivity index (χ1n) is 6.85. The van der Waals surface area contributed by atoms with E-state index in [0.29, 0.717) is 0 Å². The Morgan fingerprint density at radius 2 is 1.29 bits per heavy atom. The molecule has 3 heteroatoms. The van der Waals surface area contributed by atoms with E-state index in [1.54, 1.807) is 12.4 Å². The molecule has 0 saturated carbocycles. The Morgan fingerprint density at radius 3 is 1.76 bits per heavy atom. The first kappa shape index (κ1) is 13.8. The normalized spacial score (nSPS) is 11.3. The molecule has 21 heavy (non-hydrogen) atoms. The highest BCUT2D eigenvalue weighted by Gasteiger charge is 2.29. The summed E-state index contributed by atoms with van der Waals surface area (Å²) in [4.78, 5) is 4.23. The van der Waals surface area contributed by atoms with Gasteiger partial charge >= 0.3 is 0 Å². The van der Waals surface area contributed by atoms with E-state index in [1.165, 1.54) is 0 Å². The molecule has 2 nitrogen and oxygen atoms in total. The highest BCUT2D eigenvalue weighted by atomic mass is 31.2. The molecule has 0 aliphatic heterocycles. The molecular formula is C18H16NOP. The number of pyridine rings is 1. The van der Waals surface area contributed by atoms with Crippen molar-refractivity contribution in [1.29, 1.82) is 0 Å². The van der Waals surface area contributed by atoms with E-state index in [2.05, 4.69) is 4.98 Å². The second-order valence-corrected chi connectivity index (χ2v) is 7.77. The van der Waals surface area contributed by atoms with Gasteiger partial charge in [0.1, 0.15) is 0 Å². The molecule has 0 amide bonds. The van der Waals surface area contributed by atoms with Crippen molar-refractivity contribution in [2.24, 2.45) is 0 Å². The molecule has 1 aromatic heterocycles. The van der Waals surface area contributed by atoms with Gasteiger partial charge in [-0.2, -0.15) is 0 Å². The van der Waals surface area contributed by atoms with Crippen LogP contribution in [0.15, 0.2) is 79.1 Å². The van der Waals surface area contributed by atoms with Crippen molar-refractivity contribution < 1.29 is 4.57 Å². The second-order valence-electron chi connectivity index (χ2n) is 5.00. The fourth-order valence-electron chi connectivity index (χ4n) is 2.43. The lowest BCUT2D eigenvalue weighted by molar-refractivity contribution is 0.592. The predicted molar refractivity (Wildman–Crippen MR) is 88.4 cm³/mol. The summed E-state index contributed by atoms with van der Waals surface area (Å²) in [6, 6.07) is 21.2. The van der Waals surface area contributed by atoms with E-state index in [9.17, 15) is 4.57 Å². The van der Waals surface area contributed by atoms with E-state index < -0.39 is 7.14 Å². The number of rotatable bonds is 3. The van der Waals surface area contributed by atoms with Crippen molar-refractivity contribution in [1.82, 2.24) is 4.98 Å². The average molecular weight is 293 g/mol. The summed E-state index contributed by atoms with van der Waals surface area (Å²) in [6.45, 7) is 1.97. The van der Waals surface area contributed by atoms with Crippen LogP contribution in [0.4, 0.5) is 0 Å². The molecule has 0 fully saturated rings. The van der Waals surface area contributed by atoms with Gasteiger partial charge in [-0.3, -0.25) is 4.98 Å². The molecule has 0 unspecified atom stereocenters. The lowest BCUT2D eigenvalue weighted by Gasteiger charge is -2.19. The van der Waals surface area contributed by atoms with Crippen molar-refractivity contribution in [3.63, 3.8) is 0 Å². The Morgan fingerprint density at radius 1 is 0.762 bits per heavy atom. The van der Waals surface area contributed by atoms with Crippen molar-refractivity contribution in [2.75, 3.05) is 0 Å². The van der Waals surface area contributed by atoms with Crippen LogP contribution in [-0.2, 0) is 4.57 Å². The first-order valence-corrected chi connectivity index (χ1v) is 8.55. The van der Waals surface area contributed by atoms with Crippen molar-refractivity contribution >= 4 is 23.1 Å². The SMILES string of the molecule is Cc1cncc(P(=O)(c2ccccc2)c2ccccc2)c1. The lowest BCUT2D eigenvalue weighted by Crippen LogP contribution is -2.25. The largest absolute Gasteiger partial charge is 0.309 e. The molecule has 2 aromatic carbocycles. The van der Waals surface area contributed by atoms with Crippen LogP contribution in [0.3, 0.4) is 0 Å². The van der Waals surface area contributed by atoms with Crippen LogP contribution in [0.5, 0.6) is 0 Å². The number of nitrogens with zero attached hydrogens (tertiary/aromatic N) is 1. The Hall–Kier alpha value is -2.18. The third-order valence-corrected chi connectivity index (χ3v) is 6.49. The molecule has 0 spiro atoms. The van der Waals surface area contributed by atoms with Crippen molar-refractivity contribution in [2.45, 2.75) is 6.92 Å². The molecule has 104 valence electrons. The quantitative estimate of drug-likeness (QED) is 0.695. The molecule has 0 aliphatic rings. The van der Waals surface area contributed by atoms with Crippen LogP contribution in [0.2, 0.25) is 0 Å². The van der Waals surface area contributed by atoms with Gasteiger partial charge in [-0.15, -0.1) is 0 Å². The molecule has 3 rings (SSSR count). The van der Waals surface area contributed by atoms with Crippen LogP contribution >= 0.6 is 7.14 Å². The van der Waals surface area contributed by atoms with Crippen molar-refractivity contribution in [3.05, 3.63) is 84.7 Å². The minimum atomic E-state index is -2.87. The number of benzene rings is 2. The first-order chi connectivity index (χ1) is 10.2. The van der Waals surface area contributed by atoms with Crippen molar-refractivity contribution in [3.8, 4) is 0 Å². The molecule has 0 atom stereocenters. The zero-order valence-electron chi connectivity index (χ0n) is 11.8. The number of hydrogen-bond acceptors (Lipinski definition) is 2. The molecule has 3 aromatic rings. The third-order valence-electron chi connectivity index (χ3n) is 3.46. The molecule has 0 radical (unpaired) electrons. The van der Waals surface area contributed by atoms with Gasteiger partial charge in [-0.05, 0) is 18.6 Å². The van der Waals surface area contributed by atoms with E-state index in [4.69, 9.17) is 0 Å². The van der Waals surface area contributed by atoms with Crippen LogP contribution < -0.4 is 15.9 Å². The highest BCUT2D eigenvalue weighted by molar-refractivity contribution is 7.85. The van der Waals surface area contributed by atoms with E-state index in [0.717, 1.165) is 21.5 Å². The molecule has 0 N–H and O–H groups in total. The summed E-state index contributed by atoms with van der Waals surface area (Å²) in [6.07, 6.45) is 3.50. The molecule has 0 saturated heterocycles. The zero-order chi connectivity index (χ0) is 14.7. The molecular weight excluding hydrogens is 277 g/mol. The zero-order valence-corrected chi connectivity index (χ0v) is 12.7. The minimum absolute atomic E-state index is 0.778. The molecule has 0 aliphatic carbocycles. The van der Waals surface area contributed by atoms with E-state index >= 15 is 0 Å². The second kappa shape index (κ2) is 5.67. The fourth-order valence-corrected chi connectivity index (χ4v) is 5.13. The van der Waals surface area contributed by atoms with Gasteiger partial charge in [0, 0.05) is 28.3 Å². The van der Waals surface area contributed by atoms with E-state index in [1.807, 2.05) is 73.7 Å². The Kier molecular flexibility index (Phi) is 3.72. The van der Waals surface area contributed by atoms with Crippen LogP contribution in [0.25, 0.3) is 0 Å². The highest BCUT2D eigenvalue weighted by Crippen LogP contribution is 2.41. The summed E-state index contributed by atoms with van der Waals surface area (Å²) >= 11 is 0. The predicted octanol–water partition coefficient (Wildman–Crippen LogP) is 3.03. The monoisotopic (exact) mass is 293 g/mol. The Labute approximate surface area is 124 Å². The summed E-state index contributed by atoms with van der Waals surface area (Å²) < 4.78 is 13.9. The molecule has 1 heterocycles. The summed E-state index contributed by atoms with van der Waals surface area (Å²) in [5, 5.41) is 2.45. The average Bonchev–Trinajstić information content (AvgIpc) is 2.56. The third kappa shape index (κ3) is 2.55. The summed E-state index contributed by atoms with van der Waals surface area (Å²) in [5.74, 6) is 0. The number of hydrogen-bond donors (Lipinski definition) is 0. The standard InChI is InChI=1S/C18H16NOP/c1-15-12-18(14-19-13-15)21(20,16-8-4-2-5-9-16)17-10-6-3-7-11-17/h2-14H,1H3. The van der Waals surface area contributed by atoms with Gasteiger partial charge < -0.3 is 4.57 Å². The van der Waals surface area contributed by atoms with Gasteiger partial charge in [-0.25, -0.2) is 0 Å². The minimum Gasteiger partial charge on any atom is -0.309 e. The van der Waals surface area contributed by atoms with Gasteiger partial charge in [0.15, 0.2) is 7.14 Å². The van der Waals surface area contributed by atoms with E-state index in [-0.39, 0.29) is 0 Å². The Balaban J connectivity index is 2.29. The van der Waals surface area contributed by atoms with Gasteiger partial charge in [-0.1, -0.05) is 60.7 Å². The van der Waals surface area contributed by atoms with Crippen LogP contribution in [0, 0.1) is 6.92 Å². The summed E-state index contributed by atoms with van der Waals surface area (Å²) in [7, 11) is -2.87. The summed E-state index contributed by atoms with van der Waals surface area (Å²) in [5.41, 5.74) is 1.01. The smallest absolute Gasteiger partial charge is 0.172 e. The maximum atomic E-state index is 13.9. The Bertz CT molecular complexity index is 741.